The van der Waals surface area contributed by atoms with Crippen molar-refractivity contribution in [1.82, 2.24) is 5.32 Å². The van der Waals surface area contributed by atoms with Crippen LogP contribution < -0.4 is 5.32 Å². The Morgan fingerprint density at radius 3 is 3.20 bits per heavy atom. The van der Waals surface area contributed by atoms with Gasteiger partial charge in [0, 0.05) is 19.8 Å². The molecule has 1 amide bonds. The van der Waals surface area contributed by atoms with Crippen LogP contribution in [0.2, 0.25) is 0 Å². The van der Waals surface area contributed by atoms with E-state index in [0.29, 0.717) is 19.8 Å². The molecule has 0 radical (unpaired) electrons. The van der Waals surface area contributed by atoms with Gasteiger partial charge in [-0.2, -0.15) is 0 Å². The maximum Gasteiger partial charge on any atom is 0.243 e. The molecule has 1 heterocycles. The summed E-state index contributed by atoms with van der Waals surface area (Å²) in [6, 6.07) is 0. The molecule has 15 heavy (non-hydrogen) atoms. The number of rotatable bonds is 7. The summed E-state index contributed by atoms with van der Waals surface area (Å²) in [5, 5.41) is 2.69. The maximum absolute atomic E-state index is 10.8. The van der Waals surface area contributed by atoms with Crippen molar-refractivity contribution in [3.05, 3.63) is 12.7 Å². The second-order valence-corrected chi connectivity index (χ2v) is 3.56. The first-order valence-corrected chi connectivity index (χ1v) is 5.42. The molecule has 86 valence electrons. The van der Waals surface area contributed by atoms with Crippen LogP contribution in [-0.4, -0.2) is 38.4 Å². The van der Waals surface area contributed by atoms with Crippen LogP contribution in [0, 0.1) is 0 Å². The van der Waals surface area contributed by atoms with Crippen molar-refractivity contribution in [1.29, 1.82) is 0 Å². The normalized spacial score (nSPS) is 20.1. The lowest BCUT2D eigenvalue weighted by atomic mass is 10.2. The topological polar surface area (TPSA) is 47.6 Å². The van der Waals surface area contributed by atoms with E-state index in [-0.39, 0.29) is 12.0 Å². The van der Waals surface area contributed by atoms with Gasteiger partial charge in [-0.15, -0.1) is 0 Å². The number of hydrogen-bond acceptors (Lipinski definition) is 3. The van der Waals surface area contributed by atoms with Crippen LogP contribution in [0.4, 0.5) is 0 Å². The lowest BCUT2D eigenvalue weighted by Crippen LogP contribution is -2.23. The predicted octanol–water partition coefficient (Wildman–Crippen LogP) is 0.874. The third-order valence-corrected chi connectivity index (χ3v) is 2.28. The van der Waals surface area contributed by atoms with Crippen LogP contribution in [0.5, 0.6) is 0 Å². The van der Waals surface area contributed by atoms with E-state index in [2.05, 4.69) is 11.9 Å². The molecule has 1 fully saturated rings. The van der Waals surface area contributed by atoms with Crippen molar-refractivity contribution in [3.8, 4) is 0 Å². The van der Waals surface area contributed by atoms with E-state index in [9.17, 15) is 4.79 Å². The van der Waals surface area contributed by atoms with E-state index in [1.807, 2.05) is 0 Å². The van der Waals surface area contributed by atoms with Gasteiger partial charge in [-0.05, 0) is 25.3 Å². The van der Waals surface area contributed by atoms with Gasteiger partial charge in [0.05, 0.1) is 12.7 Å². The number of carbonyl (C=O) groups excluding carboxylic acids is 1. The van der Waals surface area contributed by atoms with E-state index >= 15 is 0 Å². The molecule has 0 aliphatic carbocycles. The highest BCUT2D eigenvalue weighted by molar-refractivity contribution is 5.86. The average Bonchev–Trinajstić information content (AvgIpc) is 2.75. The zero-order valence-electron chi connectivity index (χ0n) is 9.04. The summed E-state index contributed by atoms with van der Waals surface area (Å²) < 4.78 is 10.8. The van der Waals surface area contributed by atoms with Gasteiger partial charge >= 0.3 is 0 Å². The molecule has 0 bridgehead atoms. The Morgan fingerprint density at radius 1 is 1.67 bits per heavy atom. The molecule has 1 aliphatic heterocycles. The second kappa shape index (κ2) is 7.43. The number of hydrogen-bond donors (Lipinski definition) is 1. The maximum atomic E-state index is 10.8. The van der Waals surface area contributed by atoms with Gasteiger partial charge in [-0.3, -0.25) is 4.79 Å². The van der Waals surface area contributed by atoms with Gasteiger partial charge < -0.3 is 14.8 Å². The fourth-order valence-electron chi connectivity index (χ4n) is 1.45. The molecule has 0 spiro atoms. The van der Waals surface area contributed by atoms with Crippen LogP contribution in [0.1, 0.15) is 19.3 Å². The Bertz CT molecular complexity index is 200. The monoisotopic (exact) mass is 213 g/mol. The first kappa shape index (κ1) is 12.2. The number of nitrogens with one attached hydrogen (secondary N) is 1. The predicted molar refractivity (Wildman–Crippen MR) is 57.6 cm³/mol. The van der Waals surface area contributed by atoms with Crippen molar-refractivity contribution in [2.24, 2.45) is 0 Å². The minimum absolute atomic E-state index is 0.130. The van der Waals surface area contributed by atoms with Crippen molar-refractivity contribution in [2.75, 3.05) is 26.4 Å². The Labute approximate surface area is 90.6 Å². The zero-order chi connectivity index (χ0) is 10.9. The summed E-state index contributed by atoms with van der Waals surface area (Å²) in [7, 11) is 0. The third-order valence-electron chi connectivity index (χ3n) is 2.28. The standard InChI is InChI=1S/C11H19NO3/c1-2-11(13)12-6-4-7-14-9-10-5-3-8-15-10/h2,10H,1,3-9H2,(H,12,13). The smallest absolute Gasteiger partial charge is 0.243 e. The van der Waals surface area contributed by atoms with Gasteiger partial charge in [0.2, 0.25) is 5.91 Å². The lowest BCUT2D eigenvalue weighted by molar-refractivity contribution is -0.116. The lowest BCUT2D eigenvalue weighted by Gasteiger charge is -2.09. The van der Waals surface area contributed by atoms with Gasteiger partial charge in [-0.1, -0.05) is 6.58 Å². The fraction of sp³-hybridized carbons (Fsp3) is 0.727. The van der Waals surface area contributed by atoms with E-state index in [1.165, 1.54) is 6.08 Å². The number of amides is 1. The van der Waals surface area contributed by atoms with Gasteiger partial charge in [0.15, 0.2) is 0 Å². The van der Waals surface area contributed by atoms with E-state index in [1.54, 1.807) is 0 Å². The van der Waals surface area contributed by atoms with Crippen molar-refractivity contribution < 1.29 is 14.3 Å². The Kier molecular flexibility index (Phi) is 6.04. The van der Waals surface area contributed by atoms with Gasteiger partial charge in [0.25, 0.3) is 0 Å². The van der Waals surface area contributed by atoms with E-state index in [4.69, 9.17) is 9.47 Å². The highest BCUT2D eigenvalue weighted by Crippen LogP contribution is 2.11. The van der Waals surface area contributed by atoms with Crippen molar-refractivity contribution in [2.45, 2.75) is 25.4 Å². The van der Waals surface area contributed by atoms with Crippen LogP contribution in [0.15, 0.2) is 12.7 Å². The van der Waals surface area contributed by atoms with E-state index in [0.717, 1.165) is 25.9 Å². The Balaban J connectivity index is 1.84. The summed E-state index contributed by atoms with van der Waals surface area (Å²) in [6.45, 7) is 6.21. The van der Waals surface area contributed by atoms with Crippen LogP contribution in [0.25, 0.3) is 0 Å². The van der Waals surface area contributed by atoms with Crippen LogP contribution in [0.3, 0.4) is 0 Å². The third kappa shape index (κ3) is 5.54. The summed E-state index contributed by atoms with van der Waals surface area (Å²) in [6.07, 6.45) is 4.63. The van der Waals surface area contributed by atoms with Crippen molar-refractivity contribution >= 4 is 5.91 Å². The Morgan fingerprint density at radius 2 is 2.53 bits per heavy atom. The van der Waals surface area contributed by atoms with Gasteiger partial charge in [0.1, 0.15) is 0 Å². The van der Waals surface area contributed by atoms with Crippen molar-refractivity contribution in [3.63, 3.8) is 0 Å². The summed E-state index contributed by atoms with van der Waals surface area (Å²) in [5.41, 5.74) is 0. The quantitative estimate of drug-likeness (QED) is 0.504. The molecule has 1 atom stereocenters. The molecule has 1 rings (SSSR count). The first-order valence-electron chi connectivity index (χ1n) is 5.42. The first-order chi connectivity index (χ1) is 7.33. The van der Waals surface area contributed by atoms with E-state index < -0.39 is 0 Å². The molecule has 4 nitrogen and oxygen atoms in total. The minimum atomic E-state index is -0.130. The fourth-order valence-corrected chi connectivity index (χ4v) is 1.45. The molecule has 0 aromatic heterocycles. The molecular formula is C11H19NO3. The molecule has 0 aromatic rings. The molecular weight excluding hydrogens is 194 g/mol. The highest BCUT2D eigenvalue weighted by atomic mass is 16.5. The molecule has 1 aliphatic rings. The molecule has 0 aromatic carbocycles. The minimum Gasteiger partial charge on any atom is -0.379 e. The summed E-state index contributed by atoms with van der Waals surface area (Å²) in [4.78, 5) is 10.8. The zero-order valence-corrected chi connectivity index (χ0v) is 9.04. The average molecular weight is 213 g/mol. The highest BCUT2D eigenvalue weighted by Gasteiger charge is 2.14. The second-order valence-electron chi connectivity index (χ2n) is 3.56. The number of ether oxygens (including phenoxy) is 2. The number of carbonyl (C=O) groups is 1. The Hall–Kier alpha value is -0.870. The molecule has 4 heteroatoms. The van der Waals surface area contributed by atoms with Crippen LogP contribution in [-0.2, 0) is 14.3 Å². The molecule has 1 unspecified atom stereocenters. The van der Waals surface area contributed by atoms with Crippen LogP contribution >= 0.6 is 0 Å². The summed E-state index contributed by atoms with van der Waals surface area (Å²) >= 11 is 0. The molecule has 1 N–H and O–H groups in total. The summed E-state index contributed by atoms with van der Waals surface area (Å²) in [5.74, 6) is -0.130. The van der Waals surface area contributed by atoms with Gasteiger partial charge in [-0.25, -0.2) is 0 Å². The SMILES string of the molecule is C=CC(=O)NCCCOCC1CCCO1. The molecule has 0 saturated carbocycles. The largest absolute Gasteiger partial charge is 0.379 e. The molecule has 1 saturated heterocycles.